The number of aromatic nitrogens is 3. The molecular formula is C23H24F6N4O. The number of alkyl halides is 6. The standard InChI is InChI=1S/C23H24F6N4O/c1-4-7-15(13-16(8-5-2)22(24,25)26)17-14-19-18(11-12-33(19)31-17)32(3)20-9-6-10-21(30-20)34-23(27,28)29/h4,6-10,13-14,18H,5,11-12H2,1-3H3/b7-4-,15-13+,16-8-. The summed E-state index contributed by atoms with van der Waals surface area (Å²) in [5.74, 6) is -0.317. The molecule has 0 aliphatic carbocycles. The van der Waals surface area contributed by atoms with Crippen molar-refractivity contribution in [2.75, 3.05) is 11.9 Å². The van der Waals surface area contributed by atoms with Crippen LogP contribution in [0.4, 0.5) is 32.2 Å². The number of pyridine rings is 1. The molecular weight excluding hydrogens is 462 g/mol. The quantitative estimate of drug-likeness (QED) is 0.326. The second-order valence-corrected chi connectivity index (χ2v) is 7.64. The lowest BCUT2D eigenvalue weighted by Crippen LogP contribution is -2.24. The van der Waals surface area contributed by atoms with Gasteiger partial charge in [-0.1, -0.05) is 31.2 Å². The summed E-state index contributed by atoms with van der Waals surface area (Å²) in [7, 11) is 1.68. The zero-order valence-corrected chi connectivity index (χ0v) is 18.8. The third kappa shape index (κ3) is 6.00. The Hall–Kier alpha value is -3.24. The molecule has 1 atom stereocenters. The van der Waals surface area contributed by atoms with E-state index in [1.54, 1.807) is 54.8 Å². The Morgan fingerprint density at radius 2 is 1.97 bits per heavy atom. The van der Waals surface area contributed by atoms with Gasteiger partial charge in [-0.2, -0.15) is 23.3 Å². The summed E-state index contributed by atoms with van der Waals surface area (Å²) in [5, 5.41) is 4.48. The van der Waals surface area contributed by atoms with Crippen LogP contribution in [0.2, 0.25) is 0 Å². The molecule has 34 heavy (non-hydrogen) atoms. The molecule has 1 unspecified atom stereocenters. The summed E-state index contributed by atoms with van der Waals surface area (Å²) in [6.45, 7) is 3.83. The Labute approximate surface area is 193 Å². The SMILES string of the molecule is C\C=C/C(=C\C(=C\CC)C(F)(F)F)c1cc2n(n1)CCC2N(C)c1cccc(OC(F)(F)F)n1. The van der Waals surface area contributed by atoms with Crippen LogP contribution >= 0.6 is 0 Å². The Morgan fingerprint density at radius 1 is 1.24 bits per heavy atom. The summed E-state index contributed by atoms with van der Waals surface area (Å²) in [6.07, 6.45) is -3.14. The number of halogens is 6. The van der Waals surface area contributed by atoms with E-state index >= 15 is 0 Å². The molecule has 0 N–H and O–H groups in total. The zero-order valence-electron chi connectivity index (χ0n) is 18.8. The van der Waals surface area contributed by atoms with Gasteiger partial charge in [0.05, 0.1) is 23.0 Å². The number of ether oxygens (including phenoxy) is 1. The van der Waals surface area contributed by atoms with E-state index < -0.39 is 24.0 Å². The number of allylic oxidation sites excluding steroid dienone is 6. The monoisotopic (exact) mass is 486 g/mol. The van der Waals surface area contributed by atoms with Crippen molar-refractivity contribution in [3.8, 4) is 5.88 Å². The zero-order chi connectivity index (χ0) is 25.1. The third-order valence-corrected chi connectivity index (χ3v) is 5.23. The largest absolute Gasteiger partial charge is 0.574 e. The minimum Gasteiger partial charge on any atom is -0.388 e. The summed E-state index contributed by atoms with van der Waals surface area (Å²) >= 11 is 0. The molecule has 3 heterocycles. The molecule has 0 fully saturated rings. The number of aryl methyl sites for hydroxylation is 1. The van der Waals surface area contributed by atoms with Gasteiger partial charge in [0.1, 0.15) is 5.82 Å². The van der Waals surface area contributed by atoms with Crippen LogP contribution in [-0.2, 0) is 6.54 Å². The molecule has 0 bridgehead atoms. The predicted octanol–water partition coefficient (Wildman–Crippen LogP) is 6.62. The first-order chi connectivity index (χ1) is 15.9. The maximum Gasteiger partial charge on any atom is 0.574 e. The first kappa shape index (κ1) is 25.4. The minimum absolute atomic E-state index is 0.227. The molecule has 1 aliphatic heterocycles. The minimum atomic E-state index is -4.86. The Morgan fingerprint density at radius 3 is 2.59 bits per heavy atom. The fourth-order valence-corrected chi connectivity index (χ4v) is 3.77. The molecule has 0 spiro atoms. The van der Waals surface area contributed by atoms with E-state index in [0.717, 1.165) is 23.9 Å². The first-order valence-corrected chi connectivity index (χ1v) is 10.6. The van der Waals surface area contributed by atoms with Gasteiger partial charge in [0.15, 0.2) is 0 Å². The molecule has 1 aliphatic rings. The maximum absolute atomic E-state index is 13.4. The fraction of sp³-hybridized carbons (Fsp3) is 0.391. The van der Waals surface area contributed by atoms with Crippen molar-refractivity contribution < 1.29 is 31.1 Å². The molecule has 0 amide bonds. The predicted molar refractivity (Wildman–Crippen MR) is 116 cm³/mol. The highest BCUT2D eigenvalue weighted by molar-refractivity contribution is 5.74. The molecule has 0 aromatic carbocycles. The van der Waals surface area contributed by atoms with Crippen molar-refractivity contribution in [2.45, 2.75) is 51.8 Å². The van der Waals surface area contributed by atoms with Gasteiger partial charge < -0.3 is 9.64 Å². The van der Waals surface area contributed by atoms with E-state index in [9.17, 15) is 26.3 Å². The molecule has 0 saturated carbocycles. The van der Waals surface area contributed by atoms with Crippen LogP contribution in [0, 0.1) is 0 Å². The van der Waals surface area contributed by atoms with Gasteiger partial charge in [-0.05, 0) is 38.0 Å². The van der Waals surface area contributed by atoms with E-state index in [2.05, 4.69) is 14.8 Å². The van der Waals surface area contributed by atoms with Gasteiger partial charge in [-0.25, -0.2) is 0 Å². The van der Waals surface area contributed by atoms with Crippen molar-refractivity contribution in [1.82, 2.24) is 14.8 Å². The molecule has 5 nitrogen and oxygen atoms in total. The van der Waals surface area contributed by atoms with E-state index in [0.29, 0.717) is 24.2 Å². The van der Waals surface area contributed by atoms with Gasteiger partial charge >= 0.3 is 12.5 Å². The van der Waals surface area contributed by atoms with Crippen molar-refractivity contribution in [2.24, 2.45) is 0 Å². The van der Waals surface area contributed by atoms with Crippen LogP contribution in [0.15, 0.2) is 54.1 Å². The summed E-state index contributed by atoms with van der Waals surface area (Å²) in [6, 6.07) is 5.49. The Balaban J connectivity index is 1.92. The van der Waals surface area contributed by atoms with Crippen molar-refractivity contribution in [1.29, 1.82) is 0 Å². The second-order valence-electron chi connectivity index (χ2n) is 7.64. The summed E-state index contributed by atoms with van der Waals surface area (Å²) in [4.78, 5) is 5.63. The molecule has 2 aromatic rings. The number of nitrogens with zero attached hydrogens (tertiary/aromatic N) is 4. The fourth-order valence-electron chi connectivity index (χ4n) is 3.77. The van der Waals surface area contributed by atoms with E-state index in [-0.39, 0.29) is 18.3 Å². The van der Waals surface area contributed by atoms with Gasteiger partial charge in [-0.3, -0.25) is 4.68 Å². The number of hydrogen-bond donors (Lipinski definition) is 0. The number of hydrogen-bond acceptors (Lipinski definition) is 4. The topological polar surface area (TPSA) is 43.2 Å². The van der Waals surface area contributed by atoms with E-state index in [1.165, 1.54) is 6.07 Å². The molecule has 2 aromatic heterocycles. The van der Waals surface area contributed by atoms with Crippen LogP contribution in [-0.4, -0.2) is 34.4 Å². The van der Waals surface area contributed by atoms with Crippen LogP contribution in [0.3, 0.4) is 0 Å². The number of fused-ring (bicyclic) bond motifs is 1. The molecule has 184 valence electrons. The smallest absolute Gasteiger partial charge is 0.388 e. The highest BCUT2D eigenvalue weighted by Gasteiger charge is 2.34. The number of anilines is 1. The highest BCUT2D eigenvalue weighted by atomic mass is 19.4. The third-order valence-electron chi connectivity index (χ3n) is 5.23. The average molecular weight is 486 g/mol. The first-order valence-electron chi connectivity index (χ1n) is 10.6. The van der Waals surface area contributed by atoms with Crippen LogP contribution in [0.5, 0.6) is 5.88 Å². The average Bonchev–Trinajstić information content (AvgIpc) is 3.31. The highest BCUT2D eigenvalue weighted by Crippen LogP contribution is 2.36. The second kappa shape index (κ2) is 9.94. The van der Waals surface area contributed by atoms with Gasteiger partial charge in [0, 0.05) is 25.2 Å². The maximum atomic E-state index is 13.4. The molecule has 0 saturated heterocycles. The Bertz CT molecular complexity index is 1100. The van der Waals surface area contributed by atoms with Crippen LogP contribution in [0.25, 0.3) is 5.57 Å². The van der Waals surface area contributed by atoms with Gasteiger partial charge in [0.25, 0.3) is 0 Å². The summed E-state index contributed by atoms with van der Waals surface area (Å²) < 4.78 is 83.5. The van der Waals surface area contributed by atoms with Crippen LogP contribution < -0.4 is 9.64 Å². The Kier molecular flexibility index (Phi) is 7.42. The normalized spacial score (nSPS) is 17.4. The lowest BCUT2D eigenvalue weighted by atomic mass is 10.0. The molecule has 11 heteroatoms. The van der Waals surface area contributed by atoms with E-state index in [1.807, 2.05) is 0 Å². The van der Waals surface area contributed by atoms with Gasteiger partial charge in [-0.15, -0.1) is 13.2 Å². The lowest BCUT2D eigenvalue weighted by molar-refractivity contribution is -0.276. The van der Waals surface area contributed by atoms with Crippen molar-refractivity contribution in [3.05, 3.63) is 65.5 Å². The van der Waals surface area contributed by atoms with E-state index in [4.69, 9.17) is 0 Å². The molecule has 3 rings (SSSR count). The van der Waals surface area contributed by atoms with Gasteiger partial charge in [0.2, 0.25) is 5.88 Å². The van der Waals surface area contributed by atoms with Crippen molar-refractivity contribution >= 4 is 11.4 Å². The summed E-state index contributed by atoms with van der Waals surface area (Å²) in [5.41, 5.74) is 0.654. The number of rotatable bonds is 7. The van der Waals surface area contributed by atoms with Crippen LogP contribution in [0.1, 0.15) is 44.1 Å². The van der Waals surface area contributed by atoms with Crippen molar-refractivity contribution in [3.63, 3.8) is 0 Å². The molecule has 0 radical (unpaired) electrons. The lowest BCUT2D eigenvalue weighted by Gasteiger charge is -2.25.